The van der Waals surface area contributed by atoms with Gasteiger partial charge in [-0.15, -0.1) is 0 Å². The van der Waals surface area contributed by atoms with E-state index >= 15 is 0 Å². The molecule has 0 spiro atoms. The number of unbranched alkanes of at least 4 members (excludes halogenated alkanes) is 42. The summed E-state index contributed by atoms with van der Waals surface area (Å²) in [6.45, 7) is 6.52. The molecule has 0 bridgehead atoms. The zero-order valence-electron chi connectivity index (χ0n) is 43.7. The summed E-state index contributed by atoms with van der Waals surface area (Å²) >= 11 is 0. The Balaban J connectivity index is 4.43. The molecule has 0 aromatic rings. The predicted molar refractivity (Wildman–Crippen MR) is 278 cm³/mol. The van der Waals surface area contributed by atoms with E-state index in [4.69, 9.17) is 4.74 Å². The fourth-order valence-corrected chi connectivity index (χ4v) is 9.49. The summed E-state index contributed by atoms with van der Waals surface area (Å²) < 4.78 is 5.97. The van der Waals surface area contributed by atoms with Crippen LogP contribution in [0.1, 0.15) is 335 Å². The highest BCUT2D eigenvalue weighted by Gasteiger charge is 2.24. The Kier molecular flexibility index (Phi) is 51.9. The summed E-state index contributed by atoms with van der Waals surface area (Å²) in [4.78, 5) is 26.2. The van der Waals surface area contributed by atoms with Gasteiger partial charge in [-0.3, -0.25) is 9.59 Å². The summed E-state index contributed by atoms with van der Waals surface area (Å²) in [5.41, 5.74) is 0. The van der Waals surface area contributed by atoms with Gasteiger partial charge in [0.15, 0.2) is 0 Å². The van der Waals surface area contributed by atoms with Crippen LogP contribution in [0.25, 0.3) is 0 Å². The molecular weight excluding hydrogens is 791 g/mol. The fraction of sp³-hybridized carbons (Fsp3) is 0.966. The molecule has 0 aliphatic heterocycles. The first-order valence-corrected chi connectivity index (χ1v) is 29.3. The first-order valence-electron chi connectivity index (χ1n) is 29.3. The molecular formula is C58H115NO5. The van der Waals surface area contributed by atoms with Crippen molar-refractivity contribution in [1.29, 1.82) is 0 Å². The number of ether oxygens (including phenoxy) is 1. The van der Waals surface area contributed by atoms with Gasteiger partial charge in [-0.25, -0.2) is 0 Å². The van der Waals surface area contributed by atoms with E-state index in [2.05, 4.69) is 26.1 Å². The van der Waals surface area contributed by atoms with E-state index in [0.717, 1.165) is 38.5 Å². The quantitative estimate of drug-likeness (QED) is 0.0417. The summed E-state index contributed by atoms with van der Waals surface area (Å²) in [7, 11) is 0. The summed E-state index contributed by atoms with van der Waals surface area (Å²) in [5.74, 6) is -0.445. The molecule has 0 saturated heterocycles. The minimum Gasteiger partial charge on any atom is -0.462 e. The molecule has 3 atom stereocenters. The maximum Gasteiger partial charge on any atom is 0.306 e. The number of aliphatic hydroxyl groups is 2. The molecule has 0 aromatic heterocycles. The van der Waals surface area contributed by atoms with Crippen LogP contribution in [0.4, 0.5) is 0 Å². The molecule has 6 nitrogen and oxygen atoms in total. The lowest BCUT2D eigenvalue weighted by molar-refractivity contribution is -0.151. The maximum absolute atomic E-state index is 13.2. The third-order valence-electron chi connectivity index (χ3n) is 13.9. The van der Waals surface area contributed by atoms with Crippen LogP contribution in [0.5, 0.6) is 0 Å². The number of rotatable bonds is 54. The molecule has 0 fully saturated rings. The Hall–Kier alpha value is -1.14. The van der Waals surface area contributed by atoms with Crippen molar-refractivity contribution in [1.82, 2.24) is 5.32 Å². The van der Waals surface area contributed by atoms with Crippen LogP contribution in [-0.4, -0.2) is 46.9 Å². The zero-order valence-corrected chi connectivity index (χ0v) is 43.7. The molecule has 0 saturated carbocycles. The second kappa shape index (κ2) is 52.8. The molecule has 6 heteroatoms. The summed E-state index contributed by atoms with van der Waals surface area (Å²) in [6.07, 6.45) is 59.0. The molecule has 0 rings (SSSR count). The van der Waals surface area contributed by atoms with Gasteiger partial charge in [0.2, 0.25) is 5.91 Å². The number of esters is 1. The summed E-state index contributed by atoms with van der Waals surface area (Å²) in [5, 5.41) is 23.8. The van der Waals surface area contributed by atoms with Gasteiger partial charge in [0, 0.05) is 6.42 Å². The fourth-order valence-electron chi connectivity index (χ4n) is 9.49. The number of amides is 1. The molecule has 0 aliphatic carbocycles. The van der Waals surface area contributed by atoms with E-state index < -0.39 is 18.2 Å². The van der Waals surface area contributed by atoms with Crippen LogP contribution in [0.3, 0.4) is 0 Å². The van der Waals surface area contributed by atoms with Crippen molar-refractivity contribution in [2.75, 3.05) is 6.61 Å². The monoisotopic (exact) mass is 906 g/mol. The van der Waals surface area contributed by atoms with Gasteiger partial charge in [-0.05, 0) is 25.7 Å². The van der Waals surface area contributed by atoms with E-state index in [0.29, 0.717) is 19.3 Å². The SMILES string of the molecule is CCCCCCCCCCCCCCCCCCCCCC(=O)OC(CCCCCCCCCCCCCCCCCCC)CC(=O)NC(CO)C(O)CCCCCCCCCCC. The van der Waals surface area contributed by atoms with Crippen LogP contribution in [0.15, 0.2) is 0 Å². The second-order valence-corrected chi connectivity index (χ2v) is 20.4. The van der Waals surface area contributed by atoms with Crippen molar-refractivity contribution in [3.8, 4) is 0 Å². The van der Waals surface area contributed by atoms with E-state index in [-0.39, 0.29) is 24.9 Å². The molecule has 0 radical (unpaired) electrons. The molecule has 382 valence electrons. The molecule has 3 N–H and O–H groups in total. The lowest BCUT2D eigenvalue weighted by Gasteiger charge is -2.24. The first kappa shape index (κ1) is 62.9. The zero-order chi connectivity index (χ0) is 46.7. The van der Waals surface area contributed by atoms with Crippen molar-refractivity contribution in [2.45, 2.75) is 354 Å². The van der Waals surface area contributed by atoms with Crippen LogP contribution in [0, 0.1) is 0 Å². The molecule has 0 heterocycles. The van der Waals surface area contributed by atoms with Crippen molar-refractivity contribution in [2.24, 2.45) is 0 Å². The lowest BCUT2D eigenvalue weighted by Crippen LogP contribution is -2.46. The van der Waals surface area contributed by atoms with Crippen LogP contribution in [-0.2, 0) is 14.3 Å². The highest BCUT2D eigenvalue weighted by Crippen LogP contribution is 2.19. The highest BCUT2D eigenvalue weighted by atomic mass is 16.5. The maximum atomic E-state index is 13.2. The van der Waals surface area contributed by atoms with Gasteiger partial charge in [0.1, 0.15) is 6.10 Å². The number of hydrogen-bond acceptors (Lipinski definition) is 5. The average molecular weight is 907 g/mol. The molecule has 0 aromatic carbocycles. The minimum absolute atomic E-state index is 0.0883. The third kappa shape index (κ3) is 47.4. The number of nitrogens with one attached hydrogen (secondary N) is 1. The smallest absolute Gasteiger partial charge is 0.306 e. The van der Waals surface area contributed by atoms with E-state index in [1.807, 2.05) is 0 Å². The first-order chi connectivity index (χ1) is 31.5. The van der Waals surface area contributed by atoms with Gasteiger partial charge in [-0.2, -0.15) is 0 Å². The van der Waals surface area contributed by atoms with Crippen LogP contribution in [0.2, 0.25) is 0 Å². The normalized spacial score (nSPS) is 13.0. The predicted octanol–water partition coefficient (Wildman–Crippen LogP) is 17.9. The van der Waals surface area contributed by atoms with E-state index in [1.165, 1.54) is 250 Å². The number of aliphatic hydroxyl groups excluding tert-OH is 2. The Labute approximate surface area is 400 Å². The van der Waals surface area contributed by atoms with Crippen molar-refractivity contribution >= 4 is 11.9 Å². The summed E-state index contributed by atoms with van der Waals surface area (Å²) in [6, 6.07) is -0.692. The van der Waals surface area contributed by atoms with E-state index in [9.17, 15) is 19.8 Å². The highest BCUT2D eigenvalue weighted by molar-refractivity contribution is 5.77. The molecule has 64 heavy (non-hydrogen) atoms. The number of hydrogen-bond donors (Lipinski definition) is 3. The topological polar surface area (TPSA) is 95.9 Å². The van der Waals surface area contributed by atoms with Crippen molar-refractivity contribution in [3.63, 3.8) is 0 Å². The van der Waals surface area contributed by atoms with Crippen molar-refractivity contribution < 1.29 is 24.5 Å². The molecule has 3 unspecified atom stereocenters. The Morgan fingerprint density at radius 2 is 0.656 bits per heavy atom. The molecule has 0 aliphatic rings. The van der Waals surface area contributed by atoms with Crippen molar-refractivity contribution in [3.05, 3.63) is 0 Å². The Morgan fingerprint density at radius 3 is 0.953 bits per heavy atom. The third-order valence-corrected chi connectivity index (χ3v) is 13.9. The van der Waals surface area contributed by atoms with Gasteiger partial charge >= 0.3 is 5.97 Å². The van der Waals surface area contributed by atoms with E-state index in [1.54, 1.807) is 0 Å². The second-order valence-electron chi connectivity index (χ2n) is 20.4. The molecule has 1 amide bonds. The van der Waals surface area contributed by atoms with Gasteiger partial charge in [-0.1, -0.05) is 297 Å². The Morgan fingerprint density at radius 1 is 0.391 bits per heavy atom. The van der Waals surface area contributed by atoms with Gasteiger partial charge in [0.05, 0.1) is 25.2 Å². The number of carbonyl (C=O) groups excluding carboxylic acids is 2. The number of carbonyl (C=O) groups is 2. The Bertz CT molecular complexity index is 928. The van der Waals surface area contributed by atoms with Gasteiger partial charge < -0.3 is 20.3 Å². The van der Waals surface area contributed by atoms with Gasteiger partial charge in [0.25, 0.3) is 0 Å². The average Bonchev–Trinajstić information content (AvgIpc) is 3.29. The minimum atomic E-state index is -0.779. The van der Waals surface area contributed by atoms with Crippen LogP contribution < -0.4 is 5.32 Å². The largest absolute Gasteiger partial charge is 0.462 e. The standard InChI is InChI=1S/C58H115NO5/c1-4-7-10-13-16-19-21-23-25-27-28-30-32-34-36-39-42-45-48-51-58(63)64-54(49-46-43-40-38-35-33-31-29-26-24-22-20-17-14-11-8-5-2)52-57(62)59-55(53-60)56(61)50-47-44-41-37-18-15-12-9-6-3/h54-56,60-61H,4-53H2,1-3H3,(H,59,62). The lowest BCUT2D eigenvalue weighted by atomic mass is 10.0. The van der Waals surface area contributed by atoms with Crippen LogP contribution >= 0.6 is 0 Å².